The smallest absolute Gasteiger partial charge is 0.354 e. The van der Waals surface area contributed by atoms with Crippen LogP contribution in [-0.4, -0.2) is 40.6 Å². The van der Waals surface area contributed by atoms with Crippen molar-refractivity contribution in [3.8, 4) is 0 Å². The molecule has 2 aromatic rings. The third kappa shape index (κ3) is 3.08. The second kappa shape index (κ2) is 6.41. The molecule has 8 heteroatoms. The molecule has 4 heterocycles. The van der Waals surface area contributed by atoms with Crippen molar-refractivity contribution in [2.75, 3.05) is 29.4 Å². The Morgan fingerprint density at radius 1 is 1.08 bits per heavy atom. The minimum atomic E-state index is -4.41. The minimum absolute atomic E-state index is 0.0236. The van der Waals surface area contributed by atoms with Crippen molar-refractivity contribution in [3.05, 3.63) is 41.9 Å². The van der Waals surface area contributed by atoms with Crippen molar-refractivity contribution in [2.45, 2.75) is 32.0 Å². The van der Waals surface area contributed by atoms with Crippen LogP contribution in [0.4, 0.5) is 24.9 Å². The van der Waals surface area contributed by atoms with E-state index < -0.39 is 11.7 Å². The topological polar surface area (TPSA) is 45.2 Å². The number of halogens is 3. The van der Waals surface area contributed by atoms with Crippen LogP contribution >= 0.6 is 0 Å². The van der Waals surface area contributed by atoms with Gasteiger partial charge in [-0.3, -0.25) is 0 Å². The molecule has 0 bridgehead atoms. The highest BCUT2D eigenvalue weighted by Crippen LogP contribution is 2.39. The molecule has 2 unspecified atom stereocenters. The van der Waals surface area contributed by atoms with Crippen LogP contribution in [0.5, 0.6) is 0 Å². The van der Waals surface area contributed by atoms with Gasteiger partial charge in [-0.1, -0.05) is 0 Å². The van der Waals surface area contributed by atoms with Crippen molar-refractivity contribution in [1.29, 1.82) is 0 Å². The van der Waals surface area contributed by atoms with Crippen molar-refractivity contribution in [3.63, 3.8) is 0 Å². The maximum absolute atomic E-state index is 13.4. The lowest BCUT2D eigenvalue weighted by molar-refractivity contribution is -0.137. The van der Waals surface area contributed by atoms with E-state index in [9.17, 15) is 13.2 Å². The number of nitrogens with zero attached hydrogens (tertiary/aromatic N) is 5. The Bertz CT molecular complexity index is 794. The van der Waals surface area contributed by atoms with E-state index in [0.717, 1.165) is 31.1 Å². The van der Waals surface area contributed by atoms with Gasteiger partial charge in [0.1, 0.15) is 5.82 Å². The number of hydrogen-bond acceptors (Lipinski definition) is 5. The Morgan fingerprint density at radius 3 is 2.65 bits per heavy atom. The van der Waals surface area contributed by atoms with Gasteiger partial charge in [0, 0.05) is 37.7 Å². The van der Waals surface area contributed by atoms with Gasteiger partial charge in [0.05, 0.1) is 11.6 Å². The zero-order valence-corrected chi connectivity index (χ0v) is 14.4. The molecule has 5 nitrogen and oxygen atoms in total. The molecular weight excluding hydrogens is 343 g/mol. The van der Waals surface area contributed by atoms with Crippen LogP contribution in [0.25, 0.3) is 0 Å². The van der Waals surface area contributed by atoms with E-state index in [2.05, 4.69) is 19.9 Å². The van der Waals surface area contributed by atoms with E-state index in [4.69, 9.17) is 0 Å². The molecule has 2 fully saturated rings. The first-order valence-corrected chi connectivity index (χ1v) is 8.77. The fraction of sp³-hybridized carbons (Fsp3) is 0.500. The summed E-state index contributed by atoms with van der Waals surface area (Å²) in [6.07, 6.45) is 0.610. The van der Waals surface area contributed by atoms with Gasteiger partial charge in [-0.05, 0) is 43.9 Å². The molecule has 0 radical (unpaired) electrons. The zero-order valence-electron chi connectivity index (χ0n) is 14.4. The van der Waals surface area contributed by atoms with Crippen LogP contribution in [0.15, 0.2) is 30.6 Å². The van der Waals surface area contributed by atoms with Gasteiger partial charge in [0.2, 0.25) is 5.95 Å². The number of fused-ring (bicyclic) bond motifs is 1. The average Bonchev–Trinajstić information content (AvgIpc) is 3.04. The average molecular weight is 363 g/mol. The summed E-state index contributed by atoms with van der Waals surface area (Å²) in [5.74, 6) is 1.14. The molecule has 0 spiro atoms. The molecule has 0 aliphatic carbocycles. The van der Waals surface area contributed by atoms with E-state index >= 15 is 0 Å². The maximum Gasteiger partial charge on any atom is 0.419 e. The lowest BCUT2D eigenvalue weighted by Gasteiger charge is -2.39. The summed E-state index contributed by atoms with van der Waals surface area (Å²) in [7, 11) is 0. The normalized spacial score (nSPS) is 23.2. The third-order valence-corrected chi connectivity index (χ3v) is 5.29. The highest BCUT2D eigenvalue weighted by atomic mass is 19.4. The summed E-state index contributed by atoms with van der Waals surface area (Å²) in [6.45, 7) is 3.84. The van der Waals surface area contributed by atoms with Crippen LogP contribution in [0.1, 0.15) is 24.1 Å². The first-order valence-electron chi connectivity index (χ1n) is 8.77. The van der Waals surface area contributed by atoms with E-state index in [1.165, 1.54) is 12.3 Å². The summed E-state index contributed by atoms with van der Waals surface area (Å²) in [6, 6.07) is 4.38. The molecule has 0 aromatic carbocycles. The van der Waals surface area contributed by atoms with Crippen LogP contribution in [0, 0.1) is 12.8 Å². The maximum atomic E-state index is 13.4. The molecule has 0 saturated carbocycles. The number of aromatic nitrogens is 3. The molecule has 2 aliphatic heterocycles. The molecule has 2 atom stereocenters. The molecule has 2 saturated heterocycles. The van der Waals surface area contributed by atoms with E-state index in [0.29, 0.717) is 25.0 Å². The number of anilines is 2. The van der Waals surface area contributed by atoms with Gasteiger partial charge < -0.3 is 9.80 Å². The summed E-state index contributed by atoms with van der Waals surface area (Å²) < 4.78 is 40.1. The number of hydrogen-bond donors (Lipinski definition) is 0. The predicted molar refractivity (Wildman–Crippen MR) is 92.1 cm³/mol. The summed E-state index contributed by atoms with van der Waals surface area (Å²) >= 11 is 0. The zero-order chi connectivity index (χ0) is 18.3. The Labute approximate surface area is 149 Å². The molecule has 26 heavy (non-hydrogen) atoms. The standard InChI is InChI=1S/C18H20F3N5/c1-12-4-8-23-17(24-12)26-10-6-13-5-9-25(11-15(13)26)16-14(18(19,20)21)3-2-7-22-16/h2-4,7-8,13,15H,5-6,9-11H2,1H3. The lowest BCUT2D eigenvalue weighted by Crippen LogP contribution is -2.49. The number of pyridine rings is 1. The number of piperidine rings is 1. The second-order valence-electron chi connectivity index (χ2n) is 6.91. The van der Waals surface area contributed by atoms with E-state index in [1.807, 2.05) is 13.0 Å². The van der Waals surface area contributed by atoms with E-state index in [-0.39, 0.29) is 11.9 Å². The van der Waals surface area contributed by atoms with Gasteiger partial charge >= 0.3 is 6.18 Å². The van der Waals surface area contributed by atoms with Crippen LogP contribution in [-0.2, 0) is 6.18 Å². The van der Waals surface area contributed by atoms with Gasteiger partial charge in [0.15, 0.2) is 0 Å². The first kappa shape index (κ1) is 17.1. The largest absolute Gasteiger partial charge is 0.419 e. The van der Waals surface area contributed by atoms with Crippen LogP contribution < -0.4 is 9.80 Å². The molecule has 138 valence electrons. The van der Waals surface area contributed by atoms with Gasteiger partial charge in [-0.15, -0.1) is 0 Å². The molecule has 2 aromatic heterocycles. The van der Waals surface area contributed by atoms with Gasteiger partial charge in [0.25, 0.3) is 0 Å². The Kier molecular flexibility index (Phi) is 4.20. The second-order valence-corrected chi connectivity index (χ2v) is 6.91. The quantitative estimate of drug-likeness (QED) is 0.819. The van der Waals surface area contributed by atoms with Crippen LogP contribution in [0.2, 0.25) is 0 Å². The van der Waals surface area contributed by atoms with Gasteiger partial charge in [-0.2, -0.15) is 13.2 Å². The fourth-order valence-electron chi connectivity index (χ4n) is 4.03. The summed E-state index contributed by atoms with van der Waals surface area (Å²) in [5, 5.41) is 0. The number of rotatable bonds is 2. The Hall–Kier alpha value is -2.38. The highest BCUT2D eigenvalue weighted by Gasteiger charge is 2.42. The molecular formula is C18H20F3N5. The third-order valence-electron chi connectivity index (χ3n) is 5.29. The summed E-state index contributed by atoms with van der Waals surface area (Å²) in [5.41, 5.74) is 0.213. The highest BCUT2D eigenvalue weighted by molar-refractivity contribution is 5.50. The molecule has 0 amide bonds. The molecule has 0 N–H and O–H groups in total. The first-order chi connectivity index (χ1) is 12.4. The molecule has 2 aliphatic rings. The Balaban J connectivity index is 1.62. The monoisotopic (exact) mass is 363 g/mol. The summed E-state index contributed by atoms with van der Waals surface area (Å²) in [4.78, 5) is 16.8. The van der Waals surface area contributed by atoms with Crippen molar-refractivity contribution < 1.29 is 13.2 Å². The fourth-order valence-corrected chi connectivity index (χ4v) is 4.03. The van der Waals surface area contributed by atoms with Crippen molar-refractivity contribution >= 4 is 11.8 Å². The minimum Gasteiger partial charge on any atom is -0.354 e. The van der Waals surface area contributed by atoms with Crippen molar-refractivity contribution in [1.82, 2.24) is 15.0 Å². The molecule has 4 rings (SSSR count). The number of alkyl halides is 3. The number of aryl methyl sites for hydroxylation is 1. The SMILES string of the molecule is Cc1ccnc(N2CCC3CCN(c4ncccc4C(F)(F)F)CC32)n1. The van der Waals surface area contributed by atoms with Crippen molar-refractivity contribution in [2.24, 2.45) is 5.92 Å². The predicted octanol–water partition coefficient (Wildman–Crippen LogP) is 3.30. The van der Waals surface area contributed by atoms with E-state index in [1.54, 1.807) is 11.1 Å². The Morgan fingerprint density at radius 2 is 1.88 bits per heavy atom. The van der Waals surface area contributed by atoms with Crippen LogP contribution in [0.3, 0.4) is 0 Å². The van der Waals surface area contributed by atoms with Gasteiger partial charge in [-0.25, -0.2) is 15.0 Å². The lowest BCUT2D eigenvalue weighted by atomic mass is 9.92.